The fraction of sp³-hybridized carbons (Fsp3) is 0.0833. The van der Waals surface area contributed by atoms with Gasteiger partial charge in [0.2, 0.25) is 0 Å². The third-order valence-electron chi connectivity index (χ3n) is 1.73. The quantitative estimate of drug-likeness (QED) is 0.700. The Morgan fingerprint density at radius 3 is 2.07 bits per heavy atom. The summed E-state index contributed by atoms with van der Waals surface area (Å²) in [4.78, 5) is 13.3. The van der Waals surface area contributed by atoms with Crippen molar-refractivity contribution in [1.29, 1.82) is 0 Å². The van der Waals surface area contributed by atoms with Crippen molar-refractivity contribution < 1.29 is 9.90 Å². The molecule has 0 bridgehead atoms. The number of phenols is 1. The molecule has 0 saturated carbocycles. The van der Waals surface area contributed by atoms with Crippen LogP contribution in [0.5, 0.6) is 5.75 Å². The summed E-state index contributed by atoms with van der Waals surface area (Å²) in [5.74, 6) is 0.400. The summed E-state index contributed by atoms with van der Waals surface area (Å²) in [5, 5.41) is 8.63. The van der Waals surface area contributed by atoms with Gasteiger partial charge >= 0.3 is 0 Å². The number of nitrogens with one attached hydrogen (secondary N) is 1. The van der Waals surface area contributed by atoms with Gasteiger partial charge in [-0.3, -0.25) is 4.79 Å². The maximum Gasteiger partial charge on any atom is 0.175 e. The monoisotopic (exact) mass is 203 g/mol. The third kappa shape index (κ3) is 4.13. The number of aromatic hydroxyl groups is 1. The van der Waals surface area contributed by atoms with Gasteiger partial charge in [-0.05, 0) is 24.3 Å². The molecule has 0 amide bonds. The topological polar surface area (TPSA) is 53.1 Å². The van der Waals surface area contributed by atoms with Crippen LogP contribution in [-0.4, -0.2) is 15.9 Å². The second-order valence-corrected chi connectivity index (χ2v) is 2.98. The summed E-state index contributed by atoms with van der Waals surface area (Å²) >= 11 is 0. The van der Waals surface area contributed by atoms with E-state index in [-0.39, 0.29) is 5.78 Å². The van der Waals surface area contributed by atoms with Crippen molar-refractivity contribution >= 4 is 5.78 Å². The zero-order valence-electron chi connectivity index (χ0n) is 8.47. The molecular formula is C12H13NO2. The van der Waals surface area contributed by atoms with Gasteiger partial charge in [0, 0.05) is 13.1 Å². The standard InChI is InChI=1S/C6H7NO.C6H6O/c1-5(8)6-3-2-4-7-6;7-6-4-2-1-3-5-6/h2-4,7H,1H3;1-5,7H. The highest BCUT2D eigenvalue weighted by Crippen LogP contribution is 2.02. The van der Waals surface area contributed by atoms with E-state index in [1.54, 1.807) is 42.6 Å². The third-order valence-corrected chi connectivity index (χ3v) is 1.73. The zero-order valence-corrected chi connectivity index (χ0v) is 8.47. The number of carbonyl (C=O) groups excluding carboxylic acids is 1. The molecular weight excluding hydrogens is 190 g/mol. The Morgan fingerprint density at radius 1 is 1.13 bits per heavy atom. The van der Waals surface area contributed by atoms with E-state index in [4.69, 9.17) is 5.11 Å². The molecule has 2 aromatic rings. The molecule has 0 radical (unpaired) electrons. The second-order valence-electron chi connectivity index (χ2n) is 2.98. The van der Waals surface area contributed by atoms with Gasteiger partial charge in [0.15, 0.2) is 5.78 Å². The number of hydrogen-bond acceptors (Lipinski definition) is 2. The van der Waals surface area contributed by atoms with Gasteiger partial charge in [0.1, 0.15) is 5.75 Å². The number of hydrogen-bond donors (Lipinski definition) is 2. The van der Waals surface area contributed by atoms with Gasteiger partial charge in [-0.1, -0.05) is 18.2 Å². The molecule has 1 aromatic carbocycles. The van der Waals surface area contributed by atoms with E-state index in [1.807, 2.05) is 6.07 Å². The normalized spacial score (nSPS) is 8.87. The molecule has 1 aromatic heterocycles. The summed E-state index contributed by atoms with van der Waals surface area (Å²) in [6.45, 7) is 1.53. The van der Waals surface area contributed by atoms with E-state index in [0.29, 0.717) is 11.4 Å². The number of carbonyl (C=O) groups is 1. The molecule has 0 unspecified atom stereocenters. The number of phenolic OH excluding ortho intramolecular Hbond substituents is 1. The van der Waals surface area contributed by atoms with Gasteiger partial charge in [-0.25, -0.2) is 0 Å². The van der Waals surface area contributed by atoms with Crippen LogP contribution in [0, 0.1) is 0 Å². The zero-order chi connectivity index (χ0) is 11.1. The Bertz CT molecular complexity index is 393. The van der Waals surface area contributed by atoms with Gasteiger partial charge in [-0.15, -0.1) is 0 Å². The molecule has 0 aliphatic heterocycles. The van der Waals surface area contributed by atoms with E-state index in [1.165, 1.54) is 6.92 Å². The maximum atomic E-state index is 10.5. The van der Waals surface area contributed by atoms with Gasteiger partial charge < -0.3 is 10.1 Å². The van der Waals surface area contributed by atoms with Gasteiger partial charge in [0.25, 0.3) is 0 Å². The first kappa shape index (κ1) is 11.0. The van der Waals surface area contributed by atoms with Crippen molar-refractivity contribution in [3.63, 3.8) is 0 Å². The van der Waals surface area contributed by atoms with Crippen molar-refractivity contribution in [1.82, 2.24) is 4.98 Å². The summed E-state index contributed by atoms with van der Waals surface area (Å²) in [5.41, 5.74) is 0.671. The first-order chi connectivity index (χ1) is 7.20. The molecule has 0 atom stereocenters. The van der Waals surface area contributed by atoms with Crippen LogP contribution in [0.4, 0.5) is 0 Å². The van der Waals surface area contributed by atoms with Crippen LogP contribution >= 0.6 is 0 Å². The Kier molecular flexibility index (Phi) is 4.16. The summed E-state index contributed by atoms with van der Waals surface area (Å²) in [7, 11) is 0. The molecule has 0 fully saturated rings. The minimum absolute atomic E-state index is 0.0787. The molecule has 0 aliphatic rings. The van der Waals surface area contributed by atoms with Crippen LogP contribution in [0.3, 0.4) is 0 Å². The van der Waals surface area contributed by atoms with Crippen molar-refractivity contribution in [2.45, 2.75) is 6.92 Å². The van der Waals surface area contributed by atoms with E-state index in [9.17, 15) is 4.79 Å². The highest BCUT2D eigenvalue weighted by atomic mass is 16.3. The summed E-state index contributed by atoms with van der Waals surface area (Å²) in [6, 6.07) is 12.3. The number of aromatic nitrogens is 1. The number of Topliss-reactive ketones (excluding diaryl/α,β-unsaturated/α-hetero) is 1. The highest BCUT2D eigenvalue weighted by Gasteiger charge is 1.94. The predicted octanol–water partition coefficient (Wildman–Crippen LogP) is 2.61. The number of aromatic amines is 1. The first-order valence-corrected chi connectivity index (χ1v) is 4.58. The lowest BCUT2D eigenvalue weighted by atomic mass is 10.3. The minimum atomic E-state index is 0.0787. The first-order valence-electron chi connectivity index (χ1n) is 4.58. The van der Waals surface area contributed by atoms with Crippen molar-refractivity contribution in [3.8, 4) is 5.75 Å². The van der Waals surface area contributed by atoms with Gasteiger partial charge in [-0.2, -0.15) is 0 Å². The van der Waals surface area contributed by atoms with Crippen molar-refractivity contribution in [2.75, 3.05) is 0 Å². The largest absolute Gasteiger partial charge is 0.508 e. The number of rotatable bonds is 1. The van der Waals surface area contributed by atoms with E-state index < -0.39 is 0 Å². The van der Waals surface area contributed by atoms with Gasteiger partial charge in [0.05, 0.1) is 5.69 Å². The summed E-state index contributed by atoms with van der Waals surface area (Å²) < 4.78 is 0. The Balaban J connectivity index is 0.000000151. The van der Waals surface area contributed by atoms with Crippen LogP contribution < -0.4 is 0 Å². The molecule has 78 valence electrons. The number of H-pyrrole nitrogens is 1. The van der Waals surface area contributed by atoms with E-state index in [2.05, 4.69) is 4.98 Å². The van der Waals surface area contributed by atoms with Crippen molar-refractivity contribution in [2.24, 2.45) is 0 Å². The number of ketones is 1. The molecule has 15 heavy (non-hydrogen) atoms. The lowest BCUT2D eigenvalue weighted by molar-refractivity contribution is 0.101. The summed E-state index contributed by atoms with van der Waals surface area (Å²) in [6.07, 6.45) is 1.73. The Labute approximate surface area is 88.4 Å². The van der Waals surface area contributed by atoms with Crippen LogP contribution in [0.25, 0.3) is 0 Å². The minimum Gasteiger partial charge on any atom is -0.508 e. The smallest absolute Gasteiger partial charge is 0.175 e. The Morgan fingerprint density at radius 2 is 1.80 bits per heavy atom. The highest BCUT2D eigenvalue weighted by molar-refractivity contribution is 5.92. The van der Waals surface area contributed by atoms with E-state index >= 15 is 0 Å². The molecule has 3 heteroatoms. The lowest BCUT2D eigenvalue weighted by Crippen LogP contribution is -1.89. The predicted molar refractivity (Wildman–Crippen MR) is 58.9 cm³/mol. The fourth-order valence-electron chi connectivity index (χ4n) is 0.977. The molecule has 2 rings (SSSR count). The maximum absolute atomic E-state index is 10.5. The molecule has 0 aliphatic carbocycles. The molecule has 0 saturated heterocycles. The van der Waals surface area contributed by atoms with Crippen LogP contribution in [0.2, 0.25) is 0 Å². The molecule has 3 nitrogen and oxygen atoms in total. The number of benzene rings is 1. The fourth-order valence-corrected chi connectivity index (χ4v) is 0.977. The average molecular weight is 203 g/mol. The Hall–Kier alpha value is -2.03. The molecule has 2 N–H and O–H groups in total. The van der Waals surface area contributed by atoms with Crippen LogP contribution in [0.15, 0.2) is 48.7 Å². The lowest BCUT2D eigenvalue weighted by Gasteiger charge is -1.82. The molecule has 0 spiro atoms. The van der Waals surface area contributed by atoms with E-state index in [0.717, 1.165) is 0 Å². The molecule has 1 heterocycles. The number of para-hydroxylation sites is 1. The average Bonchev–Trinajstić information content (AvgIpc) is 2.72. The second kappa shape index (κ2) is 5.65. The van der Waals surface area contributed by atoms with Crippen LogP contribution in [0.1, 0.15) is 17.4 Å². The SMILES string of the molecule is CC(=O)c1ccc[nH]1.Oc1ccccc1. The van der Waals surface area contributed by atoms with Crippen LogP contribution in [-0.2, 0) is 0 Å². The van der Waals surface area contributed by atoms with Crippen molar-refractivity contribution in [3.05, 3.63) is 54.4 Å².